The lowest BCUT2D eigenvalue weighted by Gasteiger charge is -2.21. The first kappa shape index (κ1) is 18.7. The molecule has 0 amide bonds. The van der Waals surface area contributed by atoms with Gasteiger partial charge < -0.3 is 14.6 Å². The summed E-state index contributed by atoms with van der Waals surface area (Å²) in [6.07, 6.45) is 3.42. The molecule has 1 aliphatic rings. The lowest BCUT2D eigenvalue weighted by atomic mass is 9.92. The smallest absolute Gasteiger partial charge is 0.126 e. The number of nitrogens with zero attached hydrogens (tertiary/aromatic N) is 1. The number of methoxy groups -OCH3 is 1. The normalized spacial score (nSPS) is 14.6. The Balaban J connectivity index is 1.91. The van der Waals surface area contributed by atoms with Crippen molar-refractivity contribution in [2.75, 3.05) is 33.4 Å². The standard InChI is InChI=1S/C22H29NO3/c1-3-18-21(26-15-14-23-12-6-7-13-23)11-10-17(16-24)22(18)19-8-4-5-9-20(19)25-2/h4-5,8-11,24H,3,6-7,12-16H2,1-2H3. The first-order valence-electron chi connectivity index (χ1n) is 9.52. The Morgan fingerprint density at radius 1 is 1.04 bits per heavy atom. The van der Waals surface area contributed by atoms with E-state index in [-0.39, 0.29) is 6.61 Å². The molecule has 0 spiro atoms. The summed E-state index contributed by atoms with van der Waals surface area (Å²) in [5, 5.41) is 9.89. The van der Waals surface area contributed by atoms with Crippen molar-refractivity contribution in [2.24, 2.45) is 0 Å². The Kier molecular flexibility index (Phi) is 6.53. The number of hydrogen-bond acceptors (Lipinski definition) is 4. The molecule has 1 heterocycles. The second kappa shape index (κ2) is 9.06. The van der Waals surface area contributed by atoms with Crippen molar-refractivity contribution in [3.05, 3.63) is 47.5 Å². The molecule has 0 aliphatic carbocycles. The van der Waals surface area contributed by atoms with Gasteiger partial charge in [0.2, 0.25) is 0 Å². The molecule has 140 valence electrons. The minimum atomic E-state index is -0.00552. The van der Waals surface area contributed by atoms with E-state index in [9.17, 15) is 5.11 Å². The van der Waals surface area contributed by atoms with E-state index in [4.69, 9.17) is 9.47 Å². The van der Waals surface area contributed by atoms with Gasteiger partial charge in [0.25, 0.3) is 0 Å². The Morgan fingerprint density at radius 2 is 1.81 bits per heavy atom. The number of para-hydroxylation sites is 1. The van der Waals surface area contributed by atoms with Crippen LogP contribution in [0.2, 0.25) is 0 Å². The molecule has 26 heavy (non-hydrogen) atoms. The second-order valence-corrected chi connectivity index (χ2v) is 6.69. The van der Waals surface area contributed by atoms with Crippen LogP contribution in [-0.4, -0.2) is 43.4 Å². The Hall–Kier alpha value is -2.04. The SMILES string of the molecule is CCc1c(OCCN2CCCC2)ccc(CO)c1-c1ccccc1OC. The molecule has 4 nitrogen and oxygen atoms in total. The highest BCUT2D eigenvalue weighted by atomic mass is 16.5. The summed E-state index contributed by atoms with van der Waals surface area (Å²) >= 11 is 0. The molecule has 0 radical (unpaired) electrons. The van der Waals surface area contributed by atoms with Crippen LogP contribution >= 0.6 is 0 Å². The molecule has 0 aromatic heterocycles. The number of aliphatic hydroxyl groups is 1. The van der Waals surface area contributed by atoms with Crippen molar-refractivity contribution in [2.45, 2.75) is 32.8 Å². The summed E-state index contributed by atoms with van der Waals surface area (Å²) in [6, 6.07) is 11.9. The maximum atomic E-state index is 9.89. The van der Waals surface area contributed by atoms with Crippen molar-refractivity contribution < 1.29 is 14.6 Å². The van der Waals surface area contributed by atoms with Gasteiger partial charge >= 0.3 is 0 Å². The van der Waals surface area contributed by atoms with Gasteiger partial charge in [-0.15, -0.1) is 0 Å². The Bertz CT molecular complexity index is 723. The molecule has 3 rings (SSSR count). The predicted molar refractivity (Wildman–Crippen MR) is 105 cm³/mol. The van der Waals surface area contributed by atoms with Crippen LogP contribution in [0, 0.1) is 0 Å². The topological polar surface area (TPSA) is 41.9 Å². The number of rotatable bonds is 8. The van der Waals surface area contributed by atoms with Crippen LogP contribution in [0.15, 0.2) is 36.4 Å². The van der Waals surface area contributed by atoms with Gasteiger partial charge in [-0.1, -0.05) is 31.2 Å². The molecule has 0 unspecified atom stereocenters. The van der Waals surface area contributed by atoms with Crippen LogP contribution in [0.3, 0.4) is 0 Å². The molecule has 1 saturated heterocycles. The average Bonchev–Trinajstić information content (AvgIpc) is 3.20. The van der Waals surface area contributed by atoms with E-state index < -0.39 is 0 Å². The fraction of sp³-hybridized carbons (Fsp3) is 0.455. The van der Waals surface area contributed by atoms with E-state index in [0.717, 1.165) is 46.7 Å². The average molecular weight is 355 g/mol. The highest BCUT2D eigenvalue weighted by molar-refractivity contribution is 5.78. The predicted octanol–water partition coefficient (Wildman–Crippen LogP) is 3.89. The highest BCUT2D eigenvalue weighted by Crippen LogP contribution is 2.39. The van der Waals surface area contributed by atoms with E-state index in [1.54, 1.807) is 7.11 Å². The fourth-order valence-electron chi connectivity index (χ4n) is 3.77. The zero-order valence-corrected chi connectivity index (χ0v) is 15.8. The molecule has 0 saturated carbocycles. The molecule has 4 heteroatoms. The van der Waals surface area contributed by atoms with Crippen molar-refractivity contribution in [1.29, 1.82) is 0 Å². The minimum absolute atomic E-state index is 0.00552. The van der Waals surface area contributed by atoms with Crippen molar-refractivity contribution in [3.8, 4) is 22.6 Å². The number of ether oxygens (including phenoxy) is 2. The first-order valence-corrected chi connectivity index (χ1v) is 9.52. The molecule has 2 aromatic rings. The van der Waals surface area contributed by atoms with Crippen LogP contribution < -0.4 is 9.47 Å². The summed E-state index contributed by atoms with van der Waals surface area (Å²) in [5.41, 5.74) is 4.06. The van der Waals surface area contributed by atoms with Gasteiger partial charge in [-0.2, -0.15) is 0 Å². The summed E-state index contributed by atoms with van der Waals surface area (Å²) in [7, 11) is 1.68. The lowest BCUT2D eigenvalue weighted by Crippen LogP contribution is -2.25. The van der Waals surface area contributed by atoms with Gasteiger partial charge in [0.05, 0.1) is 13.7 Å². The quantitative estimate of drug-likeness (QED) is 0.780. The Labute approximate surface area is 156 Å². The second-order valence-electron chi connectivity index (χ2n) is 6.69. The van der Waals surface area contributed by atoms with Crippen LogP contribution in [0.4, 0.5) is 0 Å². The molecule has 1 N–H and O–H groups in total. The van der Waals surface area contributed by atoms with Crippen LogP contribution in [0.5, 0.6) is 11.5 Å². The summed E-state index contributed by atoms with van der Waals surface area (Å²) in [4.78, 5) is 2.45. The van der Waals surface area contributed by atoms with Gasteiger partial charge in [-0.05, 0) is 55.6 Å². The Morgan fingerprint density at radius 3 is 2.50 bits per heavy atom. The van der Waals surface area contributed by atoms with E-state index in [1.807, 2.05) is 36.4 Å². The van der Waals surface area contributed by atoms with Gasteiger partial charge in [0, 0.05) is 17.7 Å². The molecule has 1 aliphatic heterocycles. The fourth-order valence-corrected chi connectivity index (χ4v) is 3.77. The van der Waals surface area contributed by atoms with Crippen LogP contribution in [0.1, 0.15) is 30.9 Å². The summed E-state index contributed by atoms with van der Waals surface area (Å²) in [6.45, 7) is 6.14. The summed E-state index contributed by atoms with van der Waals surface area (Å²) < 4.78 is 11.7. The van der Waals surface area contributed by atoms with Crippen molar-refractivity contribution in [3.63, 3.8) is 0 Å². The van der Waals surface area contributed by atoms with E-state index in [0.29, 0.717) is 6.61 Å². The van der Waals surface area contributed by atoms with Crippen molar-refractivity contribution >= 4 is 0 Å². The number of likely N-dealkylation sites (tertiary alicyclic amines) is 1. The zero-order valence-electron chi connectivity index (χ0n) is 15.8. The lowest BCUT2D eigenvalue weighted by molar-refractivity contribution is 0.236. The molecule has 0 bridgehead atoms. The molecular weight excluding hydrogens is 326 g/mol. The maximum Gasteiger partial charge on any atom is 0.126 e. The van der Waals surface area contributed by atoms with E-state index >= 15 is 0 Å². The van der Waals surface area contributed by atoms with Gasteiger partial charge in [-0.3, -0.25) is 4.90 Å². The number of aliphatic hydroxyl groups excluding tert-OH is 1. The monoisotopic (exact) mass is 355 g/mol. The molecule has 1 fully saturated rings. The van der Waals surface area contributed by atoms with Crippen molar-refractivity contribution in [1.82, 2.24) is 4.90 Å². The van der Waals surface area contributed by atoms with Gasteiger partial charge in [-0.25, -0.2) is 0 Å². The van der Waals surface area contributed by atoms with Crippen LogP contribution in [0.25, 0.3) is 11.1 Å². The largest absolute Gasteiger partial charge is 0.496 e. The summed E-state index contributed by atoms with van der Waals surface area (Å²) in [5.74, 6) is 1.72. The maximum absolute atomic E-state index is 9.89. The van der Waals surface area contributed by atoms with Crippen LogP contribution in [-0.2, 0) is 13.0 Å². The molecular formula is C22H29NO3. The number of benzene rings is 2. The van der Waals surface area contributed by atoms with E-state index in [2.05, 4.69) is 11.8 Å². The third-order valence-corrected chi connectivity index (χ3v) is 5.12. The van der Waals surface area contributed by atoms with E-state index in [1.165, 1.54) is 25.9 Å². The van der Waals surface area contributed by atoms with Gasteiger partial charge in [0.15, 0.2) is 0 Å². The zero-order chi connectivity index (χ0) is 18.4. The minimum Gasteiger partial charge on any atom is -0.496 e. The molecule has 0 atom stereocenters. The first-order chi connectivity index (χ1) is 12.8. The molecule has 2 aromatic carbocycles. The highest BCUT2D eigenvalue weighted by Gasteiger charge is 2.18. The van der Waals surface area contributed by atoms with Gasteiger partial charge in [0.1, 0.15) is 18.1 Å². The number of hydrogen-bond donors (Lipinski definition) is 1. The third-order valence-electron chi connectivity index (χ3n) is 5.12. The third kappa shape index (κ3) is 4.02.